The Morgan fingerprint density at radius 1 is 0.913 bits per heavy atom. The van der Waals surface area contributed by atoms with Crippen molar-refractivity contribution in [2.75, 3.05) is 52.5 Å². The quantitative estimate of drug-likeness (QED) is 0.679. The maximum absolute atomic E-state index is 5.78. The Hall–Kier alpha value is -1.23. The van der Waals surface area contributed by atoms with Crippen molar-refractivity contribution >= 4 is 12.4 Å². The van der Waals surface area contributed by atoms with Gasteiger partial charge in [-0.25, -0.2) is 0 Å². The number of likely N-dealkylation sites (N-methyl/N-ethyl adjacent to an activating group) is 1. The zero-order valence-electron chi connectivity index (χ0n) is 14.2. The van der Waals surface area contributed by atoms with E-state index in [0.29, 0.717) is 13.2 Å². The Bertz CT molecular complexity index is 460. The highest BCUT2D eigenvalue weighted by Gasteiger charge is 2.13. The lowest BCUT2D eigenvalue weighted by Gasteiger charge is -2.33. The first-order valence-electron chi connectivity index (χ1n) is 8.27. The Morgan fingerprint density at radius 3 is 2.13 bits per heavy atom. The molecule has 1 saturated heterocycles. The van der Waals surface area contributed by atoms with Gasteiger partial charge in [-0.1, -0.05) is 31.2 Å². The first-order chi connectivity index (χ1) is 10.8. The predicted octanol–water partition coefficient (Wildman–Crippen LogP) is 3.08. The molecule has 4 nitrogen and oxygen atoms in total. The van der Waals surface area contributed by atoms with Crippen molar-refractivity contribution in [1.82, 2.24) is 9.80 Å². The van der Waals surface area contributed by atoms with E-state index in [0.717, 1.165) is 37.7 Å². The number of hydrogen-bond donors (Lipinski definition) is 0. The number of halogens is 1. The summed E-state index contributed by atoms with van der Waals surface area (Å²) in [6, 6.07) is 7.82. The van der Waals surface area contributed by atoms with Crippen LogP contribution >= 0.6 is 12.4 Å². The van der Waals surface area contributed by atoms with E-state index in [2.05, 4.69) is 28.9 Å². The second-order valence-electron chi connectivity index (χ2n) is 5.40. The molecule has 0 unspecified atom stereocenters. The van der Waals surface area contributed by atoms with E-state index in [1.807, 2.05) is 31.2 Å². The van der Waals surface area contributed by atoms with Gasteiger partial charge in [-0.2, -0.15) is 0 Å². The highest BCUT2D eigenvalue weighted by molar-refractivity contribution is 5.85. The van der Waals surface area contributed by atoms with E-state index >= 15 is 0 Å². The number of ether oxygens (including phenoxy) is 2. The maximum Gasteiger partial charge on any atom is 0.161 e. The van der Waals surface area contributed by atoms with Gasteiger partial charge in [0.15, 0.2) is 11.5 Å². The third-order valence-corrected chi connectivity index (χ3v) is 3.93. The zero-order chi connectivity index (χ0) is 15.6. The van der Waals surface area contributed by atoms with E-state index in [-0.39, 0.29) is 12.4 Å². The number of hydrogen-bond acceptors (Lipinski definition) is 4. The molecule has 0 saturated carbocycles. The van der Waals surface area contributed by atoms with E-state index < -0.39 is 0 Å². The Balaban J connectivity index is 0.00000264. The highest BCUT2D eigenvalue weighted by Crippen LogP contribution is 2.26. The van der Waals surface area contributed by atoms with E-state index in [1.165, 1.54) is 13.1 Å². The fourth-order valence-electron chi connectivity index (χ4n) is 2.56. The Morgan fingerprint density at radius 2 is 1.52 bits per heavy atom. The van der Waals surface area contributed by atoms with Gasteiger partial charge in [0.2, 0.25) is 0 Å². The van der Waals surface area contributed by atoms with Gasteiger partial charge in [0.1, 0.15) is 6.61 Å². The summed E-state index contributed by atoms with van der Waals surface area (Å²) in [5.41, 5.74) is 0. The van der Waals surface area contributed by atoms with Gasteiger partial charge in [0.25, 0.3) is 0 Å². The summed E-state index contributed by atoms with van der Waals surface area (Å²) < 4.78 is 11.3. The average molecular weight is 341 g/mol. The topological polar surface area (TPSA) is 24.9 Å². The van der Waals surface area contributed by atoms with Crippen molar-refractivity contribution in [1.29, 1.82) is 0 Å². The van der Waals surface area contributed by atoms with Crippen molar-refractivity contribution in [3.05, 3.63) is 36.4 Å². The van der Waals surface area contributed by atoms with Crippen LogP contribution in [0.3, 0.4) is 0 Å². The van der Waals surface area contributed by atoms with Crippen LogP contribution in [0, 0.1) is 0 Å². The molecule has 0 bridgehead atoms. The van der Waals surface area contributed by atoms with E-state index in [1.54, 1.807) is 0 Å². The van der Waals surface area contributed by atoms with E-state index in [9.17, 15) is 0 Å². The number of para-hydroxylation sites is 2. The van der Waals surface area contributed by atoms with Crippen molar-refractivity contribution in [2.45, 2.75) is 13.8 Å². The standard InChI is InChI=1S/C18H28N2O2.ClH/c1-3-19-12-14-20(15-13-19)11-7-8-16-22-18-10-6-5-9-17(18)21-4-2;/h5-10H,3-4,11-16H2,1-2H3;1H. The molecule has 1 fully saturated rings. The average Bonchev–Trinajstić information content (AvgIpc) is 2.57. The number of benzene rings is 1. The molecule has 5 heteroatoms. The van der Waals surface area contributed by atoms with Gasteiger partial charge in [0, 0.05) is 32.7 Å². The van der Waals surface area contributed by atoms with Gasteiger partial charge < -0.3 is 14.4 Å². The molecular formula is C18H29ClN2O2. The Kier molecular flexibility index (Phi) is 9.76. The SMILES string of the molecule is CCOc1ccccc1OCC=CCN1CCN(CC)CC1.Cl. The normalized spacial score (nSPS) is 16.3. The summed E-state index contributed by atoms with van der Waals surface area (Å²) in [5.74, 6) is 1.62. The van der Waals surface area contributed by atoms with Crippen LogP contribution in [-0.2, 0) is 0 Å². The van der Waals surface area contributed by atoms with Gasteiger partial charge in [-0.15, -0.1) is 12.4 Å². The molecule has 130 valence electrons. The fraction of sp³-hybridized carbons (Fsp3) is 0.556. The largest absolute Gasteiger partial charge is 0.490 e. The summed E-state index contributed by atoms with van der Waals surface area (Å²) in [7, 11) is 0. The lowest BCUT2D eigenvalue weighted by Crippen LogP contribution is -2.46. The van der Waals surface area contributed by atoms with Crippen LogP contribution in [0.15, 0.2) is 36.4 Å². The van der Waals surface area contributed by atoms with Crippen LogP contribution in [0.5, 0.6) is 11.5 Å². The minimum Gasteiger partial charge on any atom is -0.490 e. The molecule has 1 aliphatic rings. The minimum atomic E-state index is 0. The molecule has 2 rings (SSSR count). The smallest absolute Gasteiger partial charge is 0.161 e. The molecule has 0 radical (unpaired) electrons. The molecule has 0 aliphatic carbocycles. The van der Waals surface area contributed by atoms with Crippen LogP contribution in [0.1, 0.15) is 13.8 Å². The first-order valence-corrected chi connectivity index (χ1v) is 8.27. The summed E-state index contributed by atoms with van der Waals surface area (Å²) in [6.07, 6.45) is 4.29. The van der Waals surface area contributed by atoms with Gasteiger partial charge in [-0.05, 0) is 25.6 Å². The van der Waals surface area contributed by atoms with Crippen LogP contribution in [0.25, 0.3) is 0 Å². The van der Waals surface area contributed by atoms with Crippen molar-refractivity contribution in [2.24, 2.45) is 0 Å². The first kappa shape index (κ1) is 19.8. The lowest BCUT2D eigenvalue weighted by molar-refractivity contribution is 0.148. The summed E-state index contributed by atoms with van der Waals surface area (Å²) >= 11 is 0. The van der Waals surface area contributed by atoms with Crippen LogP contribution in [0.2, 0.25) is 0 Å². The third-order valence-electron chi connectivity index (χ3n) is 3.93. The Labute approximate surface area is 146 Å². The fourth-order valence-corrected chi connectivity index (χ4v) is 2.56. The zero-order valence-corrected chi connectivity index (χ0v) is 15.1. The number of piperazine rings is 1. The monoisotopic (exact) mass is 340 g/mol. The van der Waals surface area contributed by atoms with Crippen LogP contribution in [0.4, 0.5) is 0 Å². The summed E-state index contributed by atoms with van der Waals surface area (Å²) in [6.45, 7) is 12.3. The summed E-state index contributed by atoms with van der Waals surface area (Å²) in [4.78, 5) is 4.98. The third kappa shape index (κ3) is 6.81. The molecule has 1 aromatic rings. The van der Waals surface area contributed by atoms with Gasteiger partial charge in [0.05, 0.1) is 6.61 Å². The van der Waals surface area contributed by atoms with Crippen LogP contribution in [-0.4, -0.2) is 62.3 Å². The molecular weight excluding hydrogens is 312 g/mol. The van der Waals surface area contributed by atoms with Crippen molar-refractivity contribution < 1.29 is 9.47 Å². The number of rotatable bonds is 8. The molecule has 0 N–H and O–H groups in total. The van der Waals surface area contributed by atoms with E-state index in [4.69, 9.17) is 9.47 Å². The molecule has 0 atom stereocenters. The molecule has 1 aromatic carbocycles. The van der Waals surface area contributed by atoms with Gasteiger partial charge >= 0.3 is 0 Å². The molecule has 0 amide bonds. The lowest BCUT2D eigenvalue weighted by atomic mass is 10.3. The van der Waals surface area contributed by atoms with Crippen molar-refractivity contribution in [3.8, 4) is 11.5 Å². The molecule has 0 aromatic heterocycles. The highest BCUT2D eigenvalue weighted by atomic mass is 35.5. The van der Waals surface area contributed by atoms with Crippen LogP contribution < -0.4 is 9.47 Å². The molecule has 1 heterocycles. The second-order valence-corrected chi connectivity index (χ2v) is 5.40. The molecule has 0 spiro atoms. The maximum atomic E-state index is 5.78. The second kappa shape index (κ2) is 11.3. The predicted molar refractivity (Wildman–Crippen MR) is 98.0 cm³/mol. The summed E-state index contributed by atoms with van der Waals surface area (Å²) in [5, 5.41) is 0. The molecule has 1 aliphatic heterocycles. The number of nitrogens with zero attached hydrogens (tertiary/aromatic N) is 2. The molecule has 23 heavy (non-hydrogen) atoms. The minimum absolute atomic E-state index is 0. The van der Waals surface area contributed by atoms with Crippen molar-refractivity contribution in [3.63, 3.8) is 0 Å². The van der Waals surface area contributed by atoms with Gasteiger partial charge in [-0.3, -0.25) is 4.90 Å².